The Morgan fingerprint density at radius 3 is 1.97 bits per heavy atom. The van der Waals surface area contributed by atoms with E-state index in [2.05, 4.69) is 17.4 Å². The third-order valence-corrected chi connectivity index (χ3v) is 8.01. The predicted octanol–water partition coefficient (Wildman–Crippen LogP) is 2.80. The van der Waals surface area contributed by atoms with Crippen LogP contribution in [0.15, 0.2) is 91.0 Å². The molecule has 3 fully saturated rings. The van der Waals surface area contributed by atoms with Gasteiger partial charge in [0.15, 0.2) is 12.6 Å². The average Bonchev–Trinajstić information content (AvgIpc) is 2.94. The topological polar surface area (TPSA) is 78.5 Å². The SMILES string of the molecule is O=C(C[N+]12CCC(CC1)C(OC(=O)C([O-])(c1ccccc1)c1ccccc1)C2)NCCc1ccccc1. The summed E-state index contributed by atoms with van der Waals surface area (Å²) in [7, 11) is 0. The van der Waals surface area contributed by atoms with Gasteiger partial charge < -0.3 is 19.6 Å². The van der Waals surface area contributed by atoms with Crippen molar-refractivity contribution < 1.29 is 23.9 Å². The summed E-state index contributed by atoms with van der Waals surface area (Å²) >= 11 is 0. The van der Waals surface area contributed by atoms with E-state index in [1.54, 1.807) is 48.5 Å². The molecule has 1 N–H and O–H groups in total. The van der Waals surface area contributed by atoms with E-state index in [4.69, 9.17) is 4.74 Å². The number of amides is 1. The van der Waals surface area contributed by atoms with Gasteiger partial charge in [0.1, 0.15) is 6.54 Å². The molecule has 3 heterocycles. The Morgan fingerprint density at radius 2 is 1.41 bits per heavy atom. The van der Waals surface area contributed by atoms with E-state index in [9.17, 15) is 14.7 Å². The molecule has 2 bridgehead atoms. The number of piperidine rings is 3. The molecule has 6 rings (SSSR count). The number of fused-ring (bicyclic) bond motifs is 3. The molecule has 37 heavy (non-hydrogen) atoms. The van der Waals surface area contributed by atoms with Crippen molar-refractivity contribution >= 4 is 11.9 Å². The molecule has 1 atom stereocenters. The third kappa shape index (κ3) is 5.45. The molecular weight excluding hydrogens is 464 g/mol. The Balaban J connectivity index is 1.26. The zero-order valence-electron chi connectivity index (χ0n) is 21.1. The van der Waals surface area contributed by atoms with E-state index in [0.717, 1.165) is 32.4 Å². The molecule has 3 aliphatic rings. The quantitative estimate of drug-likeness (QED) is 0.364. The summed E-state index contributed by atoms with van der Waals surface area (Å²) in [4.78, 5) is 26.4. The van der Waals surface area contributed by atoms with Crippen LogP contribution in [0, 0.1) is 5.92 Å². The van der Waals surface area contributed by atoms with Crippen LogP contribution in [-0.2, 0) is 26.3 Å². The molecule has 1 amide bonds. The van der Waals surface area contributed by atoms with Gasteiger partial charge in [-0.2, -0.15) is 0 Å². The van der Waals surface area contributed by atoms with Gasteiger partial charge in [-0.25, -0.2) is 0 Å². The van der Waals surface area contributed by atoms with E-state index < -0.39 is 11.6 Å². The summed E-state index contributed by atoms with van der Waals surface area (Å²) in [6.07, 6.45) is 2.20. The molecule has 3 saturated heterocycles. The summed E-state index contributed by atoms with van der Waals surface area (Å²) < 4.78 is 6.65. The first-order valence-electron chi connectivity index (χ1n) is 13.2. The van der Waals surface area contributed by atoms with Gasteiger partial charge in [0.25, 0.3) is 5.91 Å². The summed E-state index contributed by atoms with van der Waals surface area (Å²) in [6, 6.07) is 27.6. The van der Waals surface area contributed by atoms with Crippen molar-refractivity contribution in [2.45, 2.75) is 31.0 Å². The Morgan fingerprint density at radius 1 is 0.865 bits per heavy atom. The standard InChI is InChI=1S/C31H34N2O4/c34-29(32-19-16-24-10-4-1-5-11-24)23-33-20-17-25(18-21-33)28(22-33)37-30(35)31(36,26-12-6-2-7-13-26)27-14-8-3-9-15-27/h1-15,25,28H,16-23H2,(H,32,34). The maximum absolute atomic E-state index is 14.2. The normalized spacial score (nSPS) is 22.8. The Kier molecular flexibility index (Phi) is 7.40. The van der Waals surface area contributed by atoms with E-state index in [1.807, 2.05) is 30.3 Å². The van der Waals surface area contributed by atoms with Gasteiger partial charge >= 0.3 is 5.97 Å². The number of carbonyl (C=O) groups excluding carboxylic acids is 2. The molecular formula is C31H34N2O4. The van der Waals surface area contributed by atoms with Gasteiger partial charge in [0.2, 0.25) is 0 Å². The molecule has 0 aromatic heterocycles. The Hall–Kier alpha value is -3.48. The number of esters is 1. The van der Waals surface area contributed by atoms with Crippen LogP contribution in [0.25, 0.3) is 0 Å². The first kappa shape index (κ1) is 25.2. The third-order valence-electron chi connectivity index (χ3n) is 8.01. The lowest BCUT2D eigenvalue weighted by Crippen LogP contribution is -2.67. The second-order valence-electron chi connectivity index (χ2n) is 10.4. The number of rotatable bonds is 9. The zero-order valence-corrected chi connectivity index (χ0v) is 21.1. The van der Waals surface area contributed by atoms with Gasteiger partial charge in [-0.05, 0) is 23.1 Å². The smallest absolute Gasteiger partial charge is 0.304 e. The molecule has 1 unspecified atom stereocenters. The van der Waals surface area contributed by atoms with Crippen molar-refractivity contribution in [3.05, 3.63) is 108 Å². The summed E-state index contributed by atoms with van der Waals surface area (Å²) in [5, 5.41) is 17.3. The van der Waals surface area contributed by atoms with Crippen LogP contribution in [0.3, 0.4) is 0 Å². The Bertz CT molecular complexity index is 1150. The predicted molar refractivity (Wildman–Crippen MR) is 139 cm³/mol. The molecule has 6 heteroatoms. The second-order valence-corrected chi connectivity index (χ2v) is 10.4. The summed E-state index contributed by atoms with van der Waals surface area (Å²) in [6.45, 7) is 3.32. The van der Waals surface area contributed by atoms with E-state index in [1.165, 1.54) is 5.56 Å². The minimum absolute atomic E-state index is 0.0214. The molecule has 3 aliphatic heterocycles. The molecule has 0 aliphatic carbocycles. The van der Waals surface area contributed by atoms with Gasteiger partial charge in [0.05, 0.1) is 13.1 Å². The fourth-order valence-corrected chi connectivity index (χ4v) is 5.90. The van der Waals surface area contributed by atoms with Crippen molar-refractivity contribution in [3.63, 3.8) is 0 Å². The zero-order chi connectivity index (χ0) is 25.7. The number of benzene rings is 3. The number of hydrogen-bond donors (Lipinski definition) is 1. The molecule has 6 nitrogen and oxygen atoms in total. The van der Waals surface area contributed by atoms with Gasteiger partial charge in [-0.15, -0.1) is 0 Å². The minimum atomic E-state index is -2.14. The van der Waals surface area contributed by atoms with Gasteiger partial charge in [-0.3, -0.25) is 9.59 Å². The summed E-state index contributed by atoms with van der Waals surface area (Å²) in [5.41, 5.74) is -0.212. The highest BCUT2D eigenvalue weighted by molar-refractivity contribution is 5.85. The van der Waals surface area contributed by atoms with Crippen LogP contribution in [0.4, 0.5) is 0 Å². The molecule has 0 saturated carbocycles. The number of hydrogen-bond acceptors (Lipinski definition) is 4. The van der Waals surface area contributed by atoms with Crippen LogP contribution in [-0.4, -0.2) is 55.2 Å². The van der Waals surface area contributed by atoms with Crippen molar-refractivity contribution in [1.82, 2.24) is 5.32 Å². The van der Waals surface area contributed by atoms with E-state index in [-0.39, 0.29) is 17.9 Å². The molecule has 0 radical (unpaired) electrons. The number of nitrogens with zero attached hydrogens (tertiary/aromatic N) is 1. The summed E-state index contributed by atoms with van der Waals surface area (Å²) in [5.74, 6) is -0.525. The van der Waals surface area contributed by atoms with E-state index >= 15 is 0 Å². The highest BCUT2D eigenvalue weighted by Gasteiger charge is 2.49. The van der Waals surface area contributed by atoms with Crippen molar-refractivity contribution in [2.75, 3.05) is 32.7 Å². The van der Waals surface area contributed by atoms with Crippen LogP contribution >= 0.6 is 0 Å². The van der Waals surface area contributed by atoms with Crippen LogP contribution < -0.4 is 10.4 Å². The van der Waals surface area contributed by atoms with Gasteiger partial charge in [0, 0.05) is 30.9 Å². The lowest BCUT2D eigenvalue weighted by Gasteiger charge is -2.52. The minimum Gasteiger partial charge on any atom is -0.834 e. The molecule has 0 spiro atoms. The monoisotopic (exact) mass is 498 g/mol. The molecule has 192 valence electrons. The first-order chi connectivity index (χ1) is 18.0. The lowest BCUT2D eigenvalue weighted by atomic mass is 9.82. The molecule has 3 aromatic rings. The number of nitrogens with one attached hydrogen (secondary N) is 1. The highest BCUT2D eigenvalue weighted by atomic mass is 16.6. The number of ether oxygens (including phenoxy) is 1. The van der Waals surface area contributed by atoms with Crippen LogP contribution in [0.5, 0.6) is 0 Å². The fourth-order valence-electron chi connectivity index (χ4n) is 5.90. The highest BCUT2D eigenvalue weighted by Crippen LogP contribution is 2.37. The maximum atomic E-state index is 14.2. The van der Waals surface area contributed by atoms with Crippen molar-refractivity contribution in [1.29, 1.82) is 0 Å². The maximum Gasteiger partial charge on any atom is 0.304 e. The largest absolute Gasteiger partial charge is 0.834 e. The van der Waals surface area contributed by atoms with Crippen molar-refractivity contribution in [2.24, 2.45) is 5.92 Å². The first-order valence-corrected chi connectivity index (χ1v) is 13.2. The van der Waals surface area contributed by atoms with Crippen LogP contribution in [0.2, 0.25) is 0 Å². The number of quaternary nitrogens is 1. The lowest BCUT2D eigenvalue weighted by molar-refractivity contribution is -0.939. The van der Waals surface area contributed by atoms with Gasteiger partial charge in [-0.1, -0.05) is 91.0 Å². The Labute approximate surface area is 218 Å². The number of carbonyl (C=O) groups is 2. The second kappa shape index (κ2) is 10.9. The van der Waals surface area contributed by atoms with E-state index in [0.29, 0.717) is 35.2 Å². The average molecular weight is 499 g/mol. The fraction of sp³-hybridized carbons (Fsp3) is 0.355. The molecule has 3 aromatic carbocycles. The van der Waals surface area contributed by atoms with Crippen LogP contribution in [0.1, 0.15) is 29.5 Å². The van der Waals surface area contributed by atoms with Crippen molar-refractivity contribution in [3.8, 4) is 0 Å².